The first-order valence-corrected chi connectivity index (χ1v) is 6.03. The molecule has 1 rings (SSSR count). The van der Waals surface area contributed by atoms with E-state index in [1.165, 1.54) is 0 Å². The molecule has 1 heterocycles. The monoisotopic (exact) mass is 239 g/mol. The number of nitrogens with one attached hydrogen (secondary N) is 2. The average molecular weight is 239 g/mol. The largest absolute Gasteiger partial charge is 0.361 e. The molecular weight excluding hydrogens is 218 g/mol. The van der Waals surface area contributed by atoms with Gasteiger partial charge in [-0.15, -0.1) is 0 Å². The van der Waals surface area contributed by atoms with Crippen molar-refractivity contribution in [2.24, 2.45) is 0 Å². The van der Waals surface area contributed by atoms with E-state index >= 15 is 0 Å². The summed E-state index contributed by atoms with van der Waals surface area (Å²) in [4.78, 5) is 11.6. The lowest BCUT2D eigenvalue weighted by molar-refractivity contribution is 0.237. The second-order valence-electron chi connectivity index (χ2n) is 4.21. The second-order valence-corrected chi connectivity index (χ2v) is 4.21. The second kappa shape index (κ2) is 6.27. The van der Waals surface area contributed by atoms with Crippen LogP contribution in [-0.4, -0.2) is 17.7 Å². The van der Waals surface area contributed by atoms with Gasteiger partial charge < -0.3 is 15.2 Å². The van der Waals surface area contributed by atoms with Crippen LogP contribution in [0.3, 0.4) is 0 Å². The summed E-state index contributed by atoms with van der Waals surface area (Å²) in [6.45, 7) is 8.44. The highest BCUT2D eigenvalue weighted by atomic mass is 16.5. The molecule has 5 nitrogen and oxygen atoms in total. The fourth-order valence-corrected chi connectivity index (χ4v) is 1.81. The summed E-state index contributed by atoms with van der Waals surface area (Å²) >= 11 is 0. The summed E-state index contributed by atoms with van der Waals surface area (Å²) in [7, 11) is 0. The van der Waals surface area contributed by atoms with E-state index in [2.05, 4.69) is 22.7 Å². The van der Waals surface area contributed by atoms with Crippen molar-refractivity contribution in [3.63, 3.8) is 0 Å². The molecule has 17 heavy (non-hydrogen) atoms. The number of carbonyl (C=O) groups is 1. The van der Waals surface area contributed by atoms with E-state index in [9.17, 15) is 4.79 Å². The number of aromatic nitrogens is 1. The van der Waals surface area contributed by atoms with Gasteiger partial charge >= 0.3 is 6.03 Å². The molecule has 1 atom stereocenters. The summed E-state index contributed by atoms with van der Waals surface area (Å²) in [6.07, 6.45) is 2.06. The standard InChI is InChI=1S/C12H21N3O2/c1-5-6-7-13-12(16)14-8(2)11-9(3)15-17-10(11)4/h8H,5-7H2,1-4H3,(H2,13,14,16). The van der Waals surface area contributed by atoms with Crippen LogP contribution in [0.4, 0.5) is 4.79 Å². The van der Waals surface area contributed by atoms with Gasteiger partial charge in [0.1, 0.15) is 5.76 Å². The van der Waals surface area contributed by atoms with Crippen LogP contribution in [0.1, 0.15) is 49.7 Å². The van der Waals surface area contributed by atoms with Crippen LogP contribution in [-0.2, 0) is 0 Å². The summed E-state index contributed by atoms with van der Waals surface area (Å²) in [5.41, 5.74) is 1.78. The fraction of sp³-hybridized carbons (Fsp3) is 0.667. The van der Waals surface area contributed by atoms with Gasteiger partial charge in [-0.05, 0) is 27.2 Å². The molecule has 0 spiro atoms. The van der Waals surface area contributed by atoms with Crippen molar-refractivity contribution in [3.8, 4) is 0 Å². The van der Waals surface area contributed by atoms with Crippen molar-refractivity contribution in [1.29, 1.82) is 0 Å². The van der Waals surface area contributed by atoms with Crippen molar-refractivity contribution >= 4 is 6.03 Å². The van der Waals surface area contributed by atoms with E-state index in [4.69, 9.17) is 4.52 Å². The lowest BCUT2D eigenvalue weighted by atomic mass is 10.1. The number of urea groups is 1. The highest BCUT2D eigenvalue weighted by Gasteiger charge is 2.17. The minimum Gasteiger partial charge on any atom is -0.361 e. The molecule has 0 saturated heterocycles. The molecule has 5 heteroatoms. The van der Waals surface area contributed by atoms with Crippen LogP contribution in [0.2, 0.25) is 0 Å². The molecule has 2 amide bonds. The Hall–Kier alpha value is -1.52. The molecule has 0 aliphatic rings. The minimum atomic E-state index is -0.147. The van der Waals surface area contributed by atoms with Gasteiger partial charge in [0.2, 0.25) is 0 Å². The molecule has 0 bridgehead atoms. The van der Waals surface area contributed by atoms with Gasteiger partial charge in [-0.2, -0.15) is 0 Å². The van der Waals surface area contributed by atoms with Crippen LogP contribution in [0, 0.1) is 13.8 Å². The number of carbonyl (C=O) groups excluding carboxylic acids is 1. The average Bonchev–Trinajstić information content (AvgIpc) is 2.58. The van der Waals surface area contributed by atoms with Crippen molar-refractivity contribution < 1.29 is 9.32 Å². The maximum absolute atomic E-state index is 11.6. The van der Waals surface area contributed by atoms with Gasteiger partial charge in [0.25, 0.3) is 0 Å². The Bertz CT molecular complexity index is 354. The number of unbranched alkanes of at least 4 members (excludes halogenated alkanes) is 1. The van der Waals surface area contributed by atoms with E-state index < -0.39 is 0 Å². The van der Waals surface area contributed by atoms with E-state index in [1.54, 1.807) is 0 Å². The molecule has 0 aromatic carbocycles. The first kappa shape index (κ1) is 13.5. The third kappa shape index (κ3) is 3.76. The highest BCUT2D eigenvalue weighted by molar-refractivity contribution is 5.74. The van der Waals surface area contributed by atoms with Gasteiger partial charge in [-0.3, -0.25) is 0 Å². The Balaban J connectivity index is 2.49. The summed E-state index contributed by atoms with van der Waals surface area (Å²) in [5, 5.41) is 9.56. The number of nitrogens with zero attached hydrogens (tertiary/aromatic N) is 1. The zero-order valence-corrected chi connectivity index (χ0v) is 11.0. The molecule has 1 aromatic heterocycles. The Morgan fingerprint density at radius 2 is 2.18 bits per heavy atom. The summed E-state index contributed by atoms with van der Waals surface area (Å²) < 4.78 is 5.07. The smallest absolute Gasteiger partial charge is 0.315 e. The predicted molar refractivity (Wildman–Crippen MR) is 65.8 cm³/mol. The normalized spacial score (nSPS) is 12.2. The number of aryl methyl sites for hydroxylation is 2. The number of amides is 2. The van der Waals surface area contributed by atoms with Crippen LogP contribution < -0.4 is 10.6 Å². The van der Waals surface area contributed by atoms with Crippen molar-refractivity contribution in [2.75, 3.05) is 6.54 Å². The maximum atomic E-state index is 11.6. The van der Waals surface area contributed by atoms with Crippen molar-refractivity contribution in [2.45, 2.75) is 46.6 Å². The Morgan fingerprint density at radius 1 is 1.47 bits per heavy atom. The van der Waals surface area contributed by atoms with Crippen LogP contribution >= 0.6 is 0 Å². The zero-order valence-electron chi connectivity index (χ0n) is 11.0. The Kier molecular flexibility index (Phi) is 5.00. The van der Waals surface area contributed by atoms with E-state index in [1.807, 2.05) is 20.8 Å². The van der Waals surface area contributed by atoms with Gasteiger partial charge in [0.05, 0.1) is 11.7 Å². The summed E-state index contributed by atoms with van der Waals surface area (Å²) in [6, 6.07) is -0.242. The van der Waals surface area contributed by atoms with Gasteiger partial charge in [0, 0.05) is 12.1 Å². The van der Waals surface area contributed by atoms with E-state index in [0.717, 1.165) is 29.9 Å². The van der Waals surface area contributed by atoms with Crippen LogP contribution in [0.5, 0.6) is 0 Å². The third-order valence-corrected chi connectivity index (χ3v) is 2.69. The number of hydrogen-bond acceptors (Lipinski definition) is 3. The predicted octanol–water partition coefficient (Wildman–Crippen LogP) is 2.45. The van der Waals surface area contributed by atoms with Gasteiger partial charge in [-0.25, -0.2) is 4.79 Å². The Morgan fingerprint density at radius 3 is 2.71 bits per heavy atom. The topological polar surface area (TPSA) is 67.2 Å². The van der Waals surface area contributed by atoms with Gasteiger partial charge in [-0.1, -0.05) is 18.5 Å². The number of hydrogen-bond donors (Lipinski definition) is 2. The first-order valence-electron chi connectivity index (χ1n) is 6.03. The van der Waals surface area contributed by atoms with E-state index in [-0.39, 0.29) is 12.1 Å². The van der Waals surface area contributed by atoms with Crippen molar-refractivity contribution in [1.82, 2.24) is 15.8 Å². The van der Waals surface area contributed by atoms with E-state index in [0.29, 0.717) is 6.54 Å². The highest BCUT2D eigenvalue weighted by Crippen LogP contribution is 2.20. The van der Waals surface area contributed by atoms with Crippen LogP contribution in [0.15, 0.2) is 4.52 Å². The summed E-state index contributed by atoms with van der Waals surface area (Å²) in [5.74, 6) is 0.754. The fourth-order valence-electron chi connectivity index (χ4n) is 1.81. The number of rotatable bonds is 5. The Labute approximate surface area is 102 Å². The van der Waals surface area contributed by atoms with Crippen molar-refractivity contribution in [3.05, 3.63) is 17.0 Å². The van der Waals surface area contributed by atoms with Gasteiger partial charge in [0.15, 0.2) is 0 Å². The third-order valence-electron chi connectivity index (χ3n) is 2.69. The molecule has 0 aliphatic heterocycles. The molecule has 96 valence electrons. The molecule has 1 aromatic rings. The zero-order chi connectivity index (χ0) is 12.8. The van der Waals surface area contributed by atoms with Crippen LogP contribution in [0.25, 0.3) is 0 Å². The molecule has 0 aliphatic carbocycles. The first-order chi connectivity index (χ1) is 8.06. The lowest BCUT2D eigenvalue weighted by Crippen LogP contribution is -2.37. The maximum Gasteiger partial charge on any atom is 0.315 e. The SMILES string of the molecule is CCCCNC(=O)NC(C)c1c(C)noc1C. The molecule has 2 N–H and O–H groups in total. The molecule has 0 saturated carbocycles. The quantitative estimate of drug-likeness (QED) is 0.775. The lowest BCUT2D eigenvalue weighted by Gasteiger charge is -2.14. The molecular formula is C12H21N3O2. The molecule has 0 fully saturated rings. The minimum absolute atomic E-state index is 0.0946. The molecule has 0 radical (unpaired) electrons. The molecule has 1 unspecified atom stereocenters.